The fourth-order valence-electron chi connectivity index (χ4n) is 1.21. The summed E-state index contributed by atoms with van der Waals surface area (Å²) in [6, 6.07) is 3.29. The van der Waals surface area contributed by atoms with Crippen LogP contribution in [0.3, 0.4) is 0 Å². The fourth-order valence-corrected chi connectivity index (χ4v) is 1.71. The van der Waals surface area contributed by atoms with Crippen molar-refractivity contribution in [3.8, 4) is 0 Å². The highest BCUT2D eigenvalue weighted by Crippen LogP contribution is 2.32. The molecule has 0 aliphatic carbocycles. The quantitative estimate of drug-likeness (QED) is 0.823. The molecule has 0 aliphatic rings. The lowest BCUT2D eigenvalue weighted by atomic mass is 10.2. The Balaban J connectivity index is 2.80. The normalized spacial score (nSPS) is 11.4. The van der Waals surface area contributed by atoms with Gasteiger partial charge in [-0.1, -0.05) is 15.9 Å². The van der Waals surface area contributed by atoms with Crippen molar-refractivity contribution in [2.45, 2.75) is 6.43 Å². The molecule has 68 valence electrons. The van der Waals surface area contributed by atoms with Gasteiger partial charge in [-0.05, 0) is 12.1 Å². The smallest absolute Gasteiger partial charge is 0.267 e. The molecule has 0 atom stereocenters. The Labute approximate surface area is 81.1 Å². The van der Waals surface area contributed by atoms with Crippen LogP contribution in [0.5, 0.6) is 0 Å². The van der Waals surface area contributed by atoms with Gasteiger partial charge in [0.2, 0.25) is 0 Å². The van der Waals surface area contributed by atoms with Crippen LogP contribution in [0.15, 0.2) is 22.9 Å². The first kappa shape index (κ1) is 8.62. The molecular weight excluding hydrogens is 242 g/mol. The van der Waals surface area contributed by atoms with Crippen molar-refractivity contribution < 1.29 is 8.78 Å². The van der Waals surface area contributed by atoms with Crippen molar-refractivity contribution in [1.82, 2.24) is 9.97 Å². The molecule has 0 fully saturated rings. The predicted molar refractivity (Wildman–Crippen MR) is 48.8 cm³/mol. The molecule has 1 N–H and O–H groups in total. The molecule has 1 heterocycles. The van der Waals surface area contributed by atoms with Crippen LogP contribution >= 0.6 is 15.9 Å². The summed E-state index contributed by atoms with van der Waals surface area (Å²) in [5.41, 5.74) is 0.890. The Morgan fingerprint density at radius 2 is 2.15 bits per heavy atom. The topological polar surface area (TPSA) is 28.7 Å². The van der Waals surface area contributed by atoms with Gasteiger partial charge in [0, 0.05) is 4.47 Å². The number of hydrogen-bond donors (Lipinski definition) is 1. The number of nitrogens with zero attached hydrogens (tertiary/aromatic N) is 1. The Kier molecular flexibility index (Phi) is 2.03. The van der Waals surface area contributed by atoms with Crippen LogP contribution in [0.4, 0.5) is 8.78 Å². The van der Waals surface area contributed by atoms with Gasteiger partial charge in [-0.15, -0.1) is 0 Å². The van der Waals surface area contributed by atoms with Gasteiger partial charge in [-0.2, -0.15) is 0 Å². The molecule has 2 rings (SSSR count). The lowest BCUT2D eigenvalue weighted by Gasteiger charge is -2.02. The molecule has 0 bridgehead atoms. The molecule has 0 saturated carbocycles. The number of imidazole rings is 1. The highest BCUT2D eigenvalue weighted by atomic mass is 79.9. The second kappa shape index (κ2) is 3.06. The van der Waals surface area contributed by atoms with Gasteiger partial charge in [-0.25, -0.2) is 13.8 Å². The standard InChI is InChI=1S/C8H5BrF2N2/c9-4-1-2-5-7(13-3-12-5)6(4)8(10)11/h1-3,8H,(H,12,13). The average Bonchev–Trinajstić information content (AvgIpc) is 2.50. The van der Waals surface area contributed by atoms with Crippen LogP contribution < -0.4 is 0 Å². The summed E-state index contributed by atoms with van der Waals surface area (Å²) in [4.78, 5) is 6.61. The highest BCUT2D eigenvalue weighted by Gasteiger charge is 2.16. The minimum atomic E-state index is -2.51. The first-order valence-electron chi connectivity index (χ1n) is 3.60. The van der Waals surface area contributed by atoms with Gasteiger partial charge in [0.25, 0.3) is 6.43 Å². The fraction of sp³-hybridized carbons (Fsp3) is 0.125. The van der Waals surface area contributed by atoms with Crippen LogP contribution in [0.1, 0.15) is 12.0 Å². The molecule has 13 heavy (non-hydrogen) atoms. The molecule has 1 aromatic carbocycles. The summed E-state index contributed by atoms with van der Waals surface area (Å²) in [6.45, 7) is 0. The van der Waals surface area contributed by atoms with Crippen molar-refractivity contribution in [1.29, 1.82) is 0 Å². The van der Waals surface area contributed by atoms with E-state index in [2.05, 4.69) is 25.9 Å². The van der Waals surface area contributed by atoms with Crippen molar-refractivity contribution in [2.24, 2.45) is 0 Å². The molecule has 0 saturated heterocycles. The zero-order valence-electron chi connectivity index (χ0n) is 6.39. The van der Waals surface area contributed by atoms with Gasteiger partial charge < -0.3 is 4.98 Å². The van der Waals surface area contributed by atoms with E-state index in [9.17, 15) is 8.78 Å². The Hall–Kier alpha value is -0.970. The van der Waals surface area contributed by atoms with Crippen LogP contribution in [-0.4, -0.2) is 9.97 Å². The molecular formula is C8H5BrF2N2. The second-order valence-electron chi connectivity index (χ2n) is 2.56. The lowest BCUT2D eigenvalue weighted by molar-refractivity contribution is 0.152. The van der Waals surface area contributed by atoms with E-state index in [1.54, 1.807) is 12.1 Å². The Morgan fingerprint density at radius 1 is 1.38 bits per heavy atom. The Bertz CT molecular complexity index is 439. The zero-order chi connectivity index (χ0) is 9.42. The average molecular weight is 247 g/mol. The van der Waals surface area contributed by atoms with E-state index >= 15 is 0 Å². The molecule has 2 aromatic rings. The van der Waals surface area contributed by atoms with Crippen molar-refractivity contribution in [2.75, 3.05) is 0 Å². The summed E-state index contributed by atoms with van der Waals surface area (Å²) in [5.74, 6) is 0. The van der Waals surface area contributed by atoms with E-state index in [1.165, 1.54) is 6.33 Å². The number of H-pyrrole nitrogens is 1. The maximum absolute atomic E-state index is 12.6. The molecule has 0 aliphatic heterocycles. The summed E-state index contributed by atoms with van der Waals surface area (Å²) in [6.07, 6.45) is -1.11. The number of fused-ring (bicyclic) bond motifs is 1. The van der Waals surface area contributed by atoms with E-state index < -0.39 is 6.43 Å². The molecule has 0 unspecified atom stereocenters. The van der Waals surface area contributed by atoms with E-state index in [0.29, 0.717) is 15.5 Å². The van der Waals surface area contributed by atoms with Gasteiger partial charge in [0.05, 0.1) is 22.9 Å². The number of hydrogen-bond acceptors (Lipinski definition) is 1. The SMILES string of the molecule is FC(F)c1c(Br)ccc2[nH]cnc12. The summed E-state index contributed by atoms with van der Waals surface area (Å²) >= 11 is 3.07. The zero-order valence-corrected chi connectivity index (χ0v) is 7.98. The third-order valence-corrected chi connectivity index (χ3v) is 2.49. The number of benzene rings is 1. The van der Waals surface area contributed by atoms with Crippen molar-refractivity contribution in [3.63, 3.8) is 0 Å². The lowest BCUT2D eigenvalue weighted by Crippen LogP contribution is -1.88. The Morgan fingerprint density at radius 3 is 2.85 bits per heavy atom. The first-order chi connectivity index (χ1) is 6.20. The third kappa shape index (κ3) is 1.33. The molecule has 0 amide bonds. The van der Waals surface area contributed by atoms with Gasteiger partial charge in [-0.3, -0.25) is 0 Å². The molecule has 1 aromatic heterocycles. The maximum atomic E-state index is 12.6. The summed E-state index contributed by atoms with van der Waals surface area (Å²) < 4.78 is 25.5. The van der Waals surface area contributed by atoms with E-state index in [0.717, 1.165) is 0 Å². The molecule has 2 nitrogen and oxygen atoms in total. The number of halogens is 3. The third-order valence-electron chi connectivity index (χ3n) is 1.80. The minimum Gasteiger partial charge on any atom is -0.345 e. The second-order valence-corrected chi connectivity index (χ2v) is 3.41. The number of aromatic amines is 1. The monoisotopic (exact) mass is 246 g/mol. The number of aromatic nitrogens is 2. The largest absolute Gasteiger partial charge is 0.345 e. The summed E-state index contributed by atoms with van der Waals surface area (Å²) in [7, 11) is 0. The number of rotatable bonds is 1. The summed E-state index contributed by atoms with van der Waals surface area (Å²) in [5, 5.41) is 0. The van der Waals surface area contributed by atoms with Gasteiger partial charge in [0.1, 0.15) is 0 Å². The van der Waals surface area contributed by atoms with Crippen LogP contribution in [-0.2, 0) is 0 Å². The molecule has 5 heteroatoms. The molecule has 0 radical (unpaired) electrons. The highest BCUT2D eigenvalue weighted by molar-refractivity contribution is 9.10. The van der Waals surface area contributed by atoms with Crippen LogP contribution in [0.25, 0.3) is 11.0 Å². The van der Waals surface area contributed by atoms with Gasteiger partial charge >= 0.3 is 0 Å². The van der Waals surface area contributed by atoms with E-state index in [1.807, 2.05) is 0 Å². The minimum absolute atomic E-state index is 0.0567. The van der Waals surface area contributed by atoms with Crippen molar-refractivity contribution in [3.05, 3.63) is 28.5 Å². The van der Waals surface area contributed by atoms with Crippen molar-refractivity contribution >= 4 is 27.0 Å². The molecule has 0 spiro atoms. The number of nitrogens with one attached hydrogen (secondary N) is 1. The maximum Gasteiger partial charge on any atom is 0.267 e. The van der Waals surface area contributed by atoms with Crippen LogP contribution in [0, 0.1) is 0 Å². The van der Waals surface area contributed by atoms with E-state index in [4.69, 9.17) is 0 Å². The predicted octanol–water partition coefficient (Wildman–Crippen LogP) is 3.26. The first-order valence-corrected chi connectivity index (χ1v) is 4.39. The van der Waals surface area contributed by atoms with Crippen LogP contribution in [0.2, 0.25) is 0 Å². The van der Waals surface area contributed by atoms with E-state index in [-0.39, 0.29) is 5.56 Å². The number of alkyl halides is 2. The van der Waals surface area contributed by atoms with Gasteiger partial charge in [0.15, 0.2) is 0 Å².